The summed E-state index contributed by atoms with van der Waals surface area (Å²) in [4.78, 5) is 0. The van der Waals surface area contributed by atoms with Gasteiger partial charge in [0, 0.05) is 13.2 Å². The monoisotopic (exact) mass is 166 g/mol. The maximum Gasteiger partial charge on any atom is 0.0750 e. The van der Waals surface area contributed by atoms with Gasteiger partial charge in [-0.15, -0.1) is 0 Å². The summed E-state index contributed by atoms with van der Waals surface area (Å²) in [6.07, 6.45) is 1.91. The molecule has 0 unspecified atom stereocenters. The standard InChI is InChI=1S/C8H10N2S/c1-7-8(4-3-5-11)6-10(2)9-7/h6,11H,5H2,1-2H3. The van der Waals surface area contributed by atoms with Crippen LogP contribution in [0.25, 0.3) is 0 Å². The van der Waals surface area contributed by atoms with Crippen LogP contribution in [0.3, 0.4) is 0 Å². The third-order valence-electron chi connectivity index (χ3n) is 1.32. The Morgan fingerprint density at radius 3 is 2.91 bits per heavy atom. The summed E-state index contributed by atoms with van der Waals surface area (Å²) in [5.41, 5.74) is 1.96. The molecular weight excluding hydrogens is 156 g/mol. The highest BCUT2D eigenvalue weighted by molar-refractivity contribution is 7.80. The number of aromatic nitrogens is 2. The molecule has 0 radical (unpaired) electrons. The number of hydrogen-bond donors (Lipinski definition) is 1. The zero-order chi connectivity index (χ0) is 8.27. The summed E-state index contributed by atoms with van der Waals surface area (Å²) >= 11 is 3.99. The van der Waals surface area contributed by atoms with E-state index in [1.165, 1.54) is 0 Å². The average Bonchev–Trinajstić information content (AvgIpc) is 2.26. The summed E-state index contributed by atoms with van der Waals surface area (Å²) in [5, 5.41) is 4.15. The molecule has 0 aliphatic carbocycles. The molecule has 11 heavy (non-hydrogen) atoms. The van der Waals surface area contributed by atoms with Gasteiger partial charge in [-0.2, -0.15) is 17.7 Å². The summed E-state index contributed by atoms with van der Waals surface area (Å²) in [7, 11) is 1.89. The van der Waals surface area contributed by atoms with Gasteiger partial charge < -0.3 is 0 Å². The van der Waals surface area contributed by atoms with E-state index in [4.69, 9.17) is 0 Å². The van der Waals surface area contributed by atoms with E-state index in [0.29, 0.717) is 5.75 Å². The lowest BCUT2D eigenvalue weighted by Gasteiger charge is -1.79. The molecule has 1 aromatic heterocycles. The van der Waals surface area contributed by atoms with Crippen molar-refractivity contribution in [2.75, 3.05) is 5.75 Å². The third kappa shape index (κ3) is 2.02. The molecule has 2 nitrogen and oxygen atoms in total. The van der Waals surface area contributed by atoms with Crippen LogP contribution < -0.4 is 0 Å². The van der Waals surface area contributed by atoms with Crippen LogP contribution in [-0.4, -0.2) is 15.5 Å². The largest absolute Gasteiger partial charge is 0.274 e. The van der Waals surface area contributed by atoms with Crippen molar-refractivity contribution in [3.05, 3.63) is 17.5 Å². The second-order valence-electron chi connectivity index (χ2n) is 2.26. The van der Waals surface area contributed by atoms with Crippen LogP contribution in [0.15, 0.2) is 6.20 Å². The second-order valence-corrected chi connectivity index (χ2v) is 2.58. The highest BCUT2D eigenvalue weighted by Gasteiger charge is 1.96. The van der Waals surface area contributed by atoms with Crippen molar-refractivity contribution in [3.8, 4) is 11.8 Å². The fourth-order valence-corrected chi connectivity index (χ4v) is 0.936. The SMILES string of the molecule is Cc1nn(C)cc1C#CCS. The van der Waals surface area contributed by atoms with Crippen LogP contribution in [0.2, 0.25) is 0 Å². The van der Waals surface area contributed by atoms with Crippen LogP contribution in [0, 0.1) is 18.8 Å². The van der Waals surface area contributed by atoms with E-state index in [-0.39, 0.29) is 0 Å². The Bertz CT molecular complexity index is 304. The molecule has 0 bridgehead atoms. The van der Waals surface area contributed by atoms with Crippen molar-refractivity contribution >= 4 is 12.6 Å². The van der Waals surface area contributed by atoms with Gasteiger partial charge in [0.05, 0.1) is 17.0 Å². The Hall–Kier alpha value is -0.880. The molecule has 1 rings (SSSR count). The summed E-state index contributed by atoms with van der Waals surface area (Å²) in [6.45, 7) is 1.95. The van der Waals surface area contributed by atoms with E-state index < -0.39 is 0 Å². The lowest BCUT2D eigenvalue weighted by atomic mass is 10.3. The minimum Gasteiger partial charge on any atom is -0.274 e. The van der Waals surface area contributed by atoms with Gasteiger partial charge in [-0.05, 0) is 6.92 Å². The molecule has 0 aliphatic heterocycles. The molecule has 0 saturated heterocycles. The topological polar surface area (TPSA) is 17.8 Å². The van der Waals surface area contributed by atoms with Crippen LogP contribution >= 0.6 is 12.6 Å². The van der Waals surface area contributed by atoms with Gasteiger partial charge in [0.25, 0.3) is 0 Å². The van der Waals surface area contributed by atoms with Crippen molar-refractivity contribution in [2.24, 2.45) is 7.05 Å². The van der Waals surface area contributed by atoms with Crippen LogP contribution in [0.4, 0.5) is 0 Å². The van der Waals surface area contributed by atoms with E-state index in [1.807, 2.05) is 20.2 Å². The van der Waals surface area contributed by atoms with E-state index in [1.54, 1.807) is 4.68 Å². The predicted octanol–water partition coefficient (Wildman–Crippen LogP) is 1.01. The number of thiol groups is 1. The maximum absolute atomic E-state index is 4.15. The first-order valence-corrected chi connectivity index (χ1v) is 3.97. The quantitative estimate of drug-likeness (QED) is 0.450. The zero-order valence-corrected chi connectivity index (χ0v) is 7.52. The molecule has 0 atom stereocenters. The molecule has 0 amide bonds. The fraction of sp³-hybridized carbons (Fsp3) is 0.375. The van der Waals surface area contributed by atoms with E-state index >= 15 is 0 Å². The molecule has 0 fully saturated rings. The average molecular weight is 166 g/mol. The molecule has 3 heteroatoms. The molecule has 1 heterocycles. The van der Waals surface area contributed by atoms with Gasteiger partial charge in [-0.1, -0.05) is 11.8 Å². The Balaban J connectivity index is 2.94. The Kier molecular flexibility index (Phi) is 2.61. The molecular formula is C8H10N2S. The van der Waals surface area contributed by atoms with Gasteiger partial charge in [0.1, 0.15) is 0 Å². The van der Waals surface area contributed by atoms with Crippen molar-refractivity contribution in [1.29, 1.82) is 0 Å². The molecule has 0 aliphatic rings. The number of aryl methyl sites for hydroxylation is 2. The van der Waals surface area contributed by atoms with Gasteiger partial charge >= 0.3 is 0 Å². The maximum atomic E-state index is 4.15. The highest BCUT2D eigenvalue weighted by atomic mass is 32.1. The van der Waals surface area contributed by atoms with Crippen molar-refractivity contribution in [3.63, 3.8) is 0 Å². The molecule has 1 aromatic rings. The van der Waals surface area contributed by atoms with E-state index in [2.05, 4.69) is 29.6 Å². The smallest absolute Gasteiger partial charge is 0.0750 e. The first kappa shape index (κ1) is 8.22. The van der Waals surface area contributed by atoms with Crippen molar-refractivity contribution < 1.29 is 0 Å². The summed E-state index contributed by atoms with van der Waals surface area (Å²) in [5.74, 6) is 6.44. The molecule has 0 spiro atoms. The van der Waals surface area contributed by atoms with Crippen LogP contribution in [0.1, 0.15) is 11.3 Å². The third-order valence-corrected chi connectivity index (χ3v) is 1.47. The number of nitrogens with zero attached hydrogens (tertiary/aromatic N) is 2. The van der Waals surface area contributed by atoms with Gasteiger partial charge in [-0.25, -0.2) is 0 Å². The molecule has 0 aromatic carbocycles. The first-order chi connectivity index (χ1) is 5.24. The van der Waals surface area contributed by atoms with Crippen molar-refractivity contribution in [1.82, 2.24) is 9.78 Å². The molecule has 0 N–H and O–H groups in total. The van der Waals surface area contributed by atoms with Gasteiger partial charge in [-0.3, -0.25) is 4.68 Å². The highest BCUT2D eigenvalue weighted by Crippen LogP contribution is 2.01. The lowest BCUT2D eigenvalue weighted by molar-refractivity contribution is 0.756. The number of hydrogen-bond acceptors (Lipinski definition) is 2. The summed E-state index contributed by atoms with van der Waals surface area (Å²) in [6, 6.07) is 0. The molecule has 58 valence electrons. The van der Waals surface area contributed by atoms with Crippen LogP contribution in [0.5, 0.6) is 0 Å². The summed E-state index contributed by atoms with van der Waals surface area (Å²) < 4.78 is 1.76. The van der Waals surface area contributed by atoms with Gasteiger partial charge in [0.15, 0.2) is 0 Å². The minimum absolute atomic E-state index is 0.592. The normalized spacial score (nSPS) is 9.00. The predicted molar refractivity (Wildman–Crippen MR) is 48.7 cm³/mol. The Morgan fingerprint density at radius 1 is 1.73 bits per heavy atom. The minimum atomic E-state index is 0.592. The van der Waals surface area contributed by atoms with Gasteiger partial charge in [0.2, 0.25) is 0 Å². The fourth-order valence-electron chi connectivity index (χ4n) is 0.857. The Morgan fingerprint density at radius 2 is 2.45 bits per heavy atom. The molecule has 0 saturated carbocycles. The first-order valence-electron chi connectivity index (χ1n) is 3.34. The second kappa shape index (κ2) is 3.49. The lowest BCUT2D eigenvalue weighted by Crippen LogP contribution is -1.86. The van der Waals surface area contributed by atoms with E-state index in [9.17, 15) is 0 Å². The van der Waals surface area contributed by atoms with Crippen LogP contribution in [-0.2, 0) is 7.05 Å². The zero-order valence-electron chi connectivity index (χ0n) is 6.63. The number of rotatable bonds is 0. The Labute approximate surface area is 72.0 Å². The van der Waals surface area contributed by atoms with E-state index in [0.717, 1.165) is 11.3 Å². The van der Waals surface area contributed by atoms with Crippen molar-refractivity contribution in [2.45, 2.75) is 6.92 Å².